The van der Waals surface area contributed by atoms with Gasteiger partial charge in [-0.25, -0.2) is 0 Å². The summed E-state index contributed by atoms with van der Waals surface area (Å²) < 4.78 is 75.1. The fourth-order valence-electron chi connectivity index (χ4n) is 1.41. The van der Waals surface area contributed by atoms with Gasteiger partial charge in [0.2, 0.25) is 0 Å². The number of hydrogen-bond acceptors (Lipinski definition) is 1. The summed E-state index contributed by atoms with van der Waals surface area (Å²) in [7, 11) is 0. The van der Waals surface area contributed by atoms with Crippen LogP contribution in [0.4, 0.5) is 26.3 Å². The number of nitrogens with one attached hydrogen (secondary N) is 1. The molecule has 1 rings (SSSR count). The molecule has 1 amide bonds. The molecule has 114 valence electrons. The van der Waals surface area contributed by atoms with Crippen molar-refractivity contribution in [3.8, 4) is 0 Å². The molecule has 0 atom stereocenters. The second-order valence-corrected chi connectivity index (χ2v) is 3.62. The van der Waals surface area contributed by atoms with Crippen LogP contribution in [0.25, 0.3) is 0 Å². The van der Waals surface area contributed by atoms with Crippen molar-refractivity contribution in [2.75, 3.05) is 6.54 Å². The third kappa shape index (κ3) is 4.14. The molecular weight excluding hydrogens is 288 g/mol. The number of carbonyl (C=O) groups excluding carboxylic acids is 1. The summed E-state index contributed by atoms with van der Waals surface area (Å²) in [6.45, 7) is 1.45. The van der Waals surface area contributed by atoms with Crippen molar-refractivity contribution in [3.05, 3.63) is 34.9 Å². The average molecular weight is 301 g/mol. The monoisotopic (exact) mass is 301 g/mol. The fraction of sp³-hybridized carbons (Fsp3) is 0.417. The predicted molar refractivity (Wildman–Crippen MR) is 61.2 cm³/mol. The highest BCUT2D eigenvalue weighted by Gasteiger charge is 2.38. The van der Waals surface area contributed by atoms with E-state index in [1.165, 1.54) is 6.92 Å². The zero-order valence-corrected chi connectivity index (χ0v) is 9.62. The quantitative estimate of drug-likeness (QED) is 0.818. The van der Waals surface area contributed by atoms with Gasteiger partial charge in [-0.3, -0.25) is 4.79 Å². The number of amides is 1. The minimum absolute atomic E-state index is 0. The van der Waals surface area contributed by atoms with Crippen LogP contribution in [0, 0.1) is 0 Å². The van der Waals surface area contributed by atoms with Crippen LogP contribution in [0.3, 0.4) is 0 Å². The van der Waals surface area contributed by atoms with Crippen LogP contribution < -0.4 is 5.32 Å². The Morgan fingerprint density at radius 2 is 1.65 bits per heavy atom. The average Bonchev–Trinajstić information content (AvgIpc) is 2.26. The lowest BCUT2D eigenvalue weighted by molar-refractivity contribution is -0.141. The normalized spacial score (nSPS) is 11.8. The van der Waals surface area contributed by atoms with Crippen molar-refractivity contribution in [1.29, 1.82) is 0 Å². The highest BCUT2D eigenvalue weighted by molar-refractivity contribution is 5.96. The van der Waals surface area contributed by atoms with Crippen LogP contribution in [0.1, 0.15) is 35.8 Å². The summed E-state index contributed by atoms with van der Waals surface area (Å²) in [6, 6.07) is 0.757. The Balaban J connectivity index is 0.00000361. The van der Waals surface area contributed by atoms with E-state index in [1.807, 2.05) is 5.32 Å². The van der Waals surface area contributed by atoms with E-state index in [0.29, 0.717) is 6.07 Å². The topological polar surface area (TPSA) is 29.1 Å². The van der Waals surface area contributed by atoms with E-state index in [9.17, 15) is 31.1 Å². The van der Waals surface area contributed by atoms with Crippen LogP contribution in [0.5, 0.6) is 0 Å². The first-order chi connectivity index (χ1) is 8.57. The summed E-state index contributed by atoms with van der Waals surface area (Å²) in [5.41, 5.74) is -3.74. The van der Waals surface area contributed by atoms with Crippen LogP contribution in [-0.2, 0) is 12.4 Å². The second kappa shape index (κ2) is 6.15. The molecule has 0 radical (unpaired) electrons. The number of benzene rings is 1. The fourth-order valence-corrected chi connectivity index (χ4v) is 1.41. The van der Waals surface area contributed by atoms with Gasteiger partial charge in [0, 0.05) is 6.54 Å². The highest BCUT2D eigenvalue weighted by atomic mass is 19.4. The Hall–Kier alpha value is -1.73. The van der Waals surface area contributed by atoms with Gasteiger partial charge in [0.25, 0.3) is 5.91 Å². The van der Waals surface area contributed by atoms with Crippen molar-refractivity contribution in [2.24, 2.45) is 0 Å². The summed E-state index contributed by atoms with van der Waals surface area (Å²) in [5.74, 6) is -1.19. The van der Waals surface area contributed by atoms with E-state index in [0.717, 1.165) is 0 Å². The van der Waals surface area contributed by atoms with Crippen molar-refractivity contribution in [3.63, 3.8) is 0 Å². The Kier molecular flexibility index (Phi) is 5.62. The van der Waals surface area contributed by atoms with Gasteiger partial charge in [0.15, 0.2) is 0 Å². The lowest BCUT2D eigenvalue weighted by atomic mass is 10.0. The lowest BCUT2D eigenvalue weighted by Crippen LogP contribution is -2.26. The molecule has 0 saturated carbocycles. The van der Waals surface area contributed by atoms with E-state index in [4.69, 9.17) is 0 Å². The third-order valence-corrected chi connectivity index (χ3v) is 2.23. The number of carbonyl (C=O) groups is 1. The minimum Gasteiger partial charge on any atom is -0.352 e. The molecule has 0 aliphatic rings. The molecular formula is C12H13F6NO. The number of hydrogen-bond donors (Lipinski definition) is 1. The standard InChI is InChI=1S/C11H9F6NO.CH4/c1-2-18-9(19)7-5-6(10(12,13)14)3-4-8(7)11(15,16)17;/h3-5H,2H2,1H3,(H,18,19);1H4. The number of halogens is 6. The van der Waals surface area contributed by atoms with Gasteiger partial charge in [0.1, 0.15) is 0 Å². The van der Waals surface area contributed by atoms with Gasteiger partial charge in [-0.1, -0.05) is 7.43 Å². The number of rotatable bonds is 2. The van der Waals surface area contributed by atoms with Crippen LogP contribution in [0.2, 0.25) is 0 Å². The van der Waals surface area contributed by atoms with Crippen LogP contribution >= 0.6 is 0 Å². The molecule has 20 heavy (non-hydrogen) atoms. The Labute approximate surface area is 111 Å². The third-order valence-electron chi connectivity index (χ3n) is 2.23. The van der Waals surface area contributed by atoms with Gasteiger partial charge in [-0.05, 0) is 25.1 Å². The molecule has 1 N–H and O–H groups in total. The molecule has 0 bridgehead atoms. The summed E-state index contributed by atoms with van der Waals surface area (Å²) in [5, 5.41) is 2.05. The first kappa shape index (κ1) is 18.3. The number of alkyl halides is 6. The molecule has 1 aromatic rings. The van der Waals surface area contributed by atoms with Gasteiger partial charge in [0.05, 0.1) is 16.7 Å². The van der Waals surface area contributed by atoms with Crippen LogP contribution in [0.15, 0.2) is 18.2 Å². The maximum Gasteiger partial charge on any atom is 0.417 e. The molecule has 0 saturated heterocycles. The molecule has 0 fully saturated rings. The van der Waals surface area contributed by atoms with Crippen molar-refractivity contribution in [2.45, 2.75) is 26.7 Å². The molecule has 2 nitrogen and oxygen atoms in total. The van der Waals surface area contributed by atoms with Gasteiger partial charge < -0.3 is 5.32 Å². The highest BCUT2D eigenvalue weighted by Crippen LogP contribution is 2.36. The first-order valence-corrected chi connectivity index (χ1v) is 5.14. The predicted octanol–water partition coefficient (Wildman–Crippen LogP) is 4.11. The van der Waals surface area contributed by atoms with E-state index in [2.05, 4.69) is 0 Å². The van der Waals surface area contributed by atoms with Crippen molar-refractivity contribution < 1.29 is 31.1 Å². The molecule has 0 spiro atoms. The Morgan fingerprint density at radius 1 is 1.10 bits per heavy atom. The summed E-state index contributed by atoms with van der Waals surface area (Å²) in [6.07, 6.45) is -9.71. The van der Waals surface area contributed by atoms with E-state index >= 15 is 0 Å². The van der Waals surface area contributed by atoms with E-state index in [-0.39, 0.29) is 26.1 Å². The molecule has 1 aromatic carbocycles. The molecule has 0 unspecified atom stereocenters. The smallest absolute Gasteiger partial charge is 0.352 e. The largest absolute Gasteiger partial charge is 0.417 e. The van der Waals surface area contributed by atoms with Gasteiger partial charge >= 0.3 is 12.4 Å². The van der Waals surface area contributed by atoms with Crippen LogP contribution in [-0.4, -0.2) is 12.5 Å². The lowest BCUT2D eigenvalue weighted by Gasteiger charge is -2.15. The minimum atomic E-state index is -4.90. The van der Waals surface area contributed by atoms with E-state index < -0.39 is 35.0 Å². The summed E-state index contributed by atoms with van der Waals surface area (Å²) >= 11 is 0. The molecule has 0 heterocycles. The SMILES string of the molecule is C.CCNC(=O)c1cc(C(F)(F)F)ccc1C(F)(F)F. The Morgan fingerprint density at radius 3 is 2.05 bits per heavy atom. The zero-order valence-electron chi connectivity index (χ0n) is 9.62. The van der Waals surface area contributed by atoms with E-state index in [1.54, 1.807) is 0 Å². The first-order valence-electron chi connectivity index (χ1n) is 5.14. The summed E-state index contributed by atoms with van der Waals surface area (Å²) in [4.78, 5) is 11.4. The van der Waals surface area contributed by atoms with Gasteiger partial charge in [-0.2, -0.15) is 26.3 Å². The van der Waals surface area contributed by atoms with Crippen molar-refractivity contribution >= 4 is 5.91 Å². The maximum atomic E-state index is 12.6. The van der Waals surface area contributed by atoms with Gasteiger partial charge in [-0.15, -0.1) is 0 Å². The Bertz CT molecular complexity index is 478. The molecule has 0 aromatic heterocycles. The van der Waals surface area contributed by atoms with Crippen molar-refractivity contribution in [1.82, 2.24) is 5.32 Å². The second-order valence-electron chi connectivity index (χ2n) is 3.62. The molecule has 0 aliphatic carbocycles. The zero-order chi connectivity index (χ0) is 14.8. The maximum absolute atomic E-state index is 12.6. The molecule has 8 heteroatoms. The molecule has 0 aliphatic heterocycles.